The average molecular weight is 527 g/mol. The minimum absolute atomic E-state index is 0.102. The zero-order valence-electron chi connectivity index (χ0n) is 20.8. The van der Waals surface area contributed by atoms with Crippen LogP contribution >= 0.6 is 23.2 Å². The number of methoxy groups -OCH3 is 2. The van der Waals surface area contributed by atoms with E-state index in [1.54, 1.807) is 37.3 Å². The van der Waals surface area contributed by atoms with Crippen molar-refractivity contribution in [2.24, 2.45) is 5.92 Å². The van der Waals surface area contributed by atoms with E-state index in [-0.39, 0.29) is 17.9 Å². The van der Waals surface area contributed by atoms with Crippen molar-refractivity contribution in [1.82, 2.24) is 14.7 Å². The lowest BCUT2D eigenvalue weighted by Crippen LogP contribution is -2.46. The zero-order valence-corrected chi connectivity index (χ0v) is 22.3. The molecule has 2 heterocycles. The third-order valence-electron chi connectivity index (χ3n) is 6.88. The van der Waals surface area contributed by atoms with Crippen LogP contribution in [0.4, 0.5) is 0 Å². The monoisotopic (exact) mass is 525 g/mol. The first-order valence-corrected chi connectivity index (χ1v) is 13.1. The van der Waals surface area contributed by atoms with E-state index in [4.69, 9.17) is 32.7 Å². The van der Waals surface area contributed by atoms with E-state index < -0.39 is 0 Å². The maximum Gasteiger partial charge on any atom is 0.246 e. The van der Waals surface area contributed by atoms with Gasteiger partial charge in [-0.3, -0.25) is 9.59 Å². The molecule has 7 nitrogen and oxygen atoms in total. The van der Waals surface area contributed by atoms with Gasteiger partial charge in [0.15, 0.2) is 0 Å². The normalized spacial score (nSPS) is 22.1. The number of likely N-dealkylation sites (tertiary alicyclic amines) is 1. The van der Waals surface area contributed by atoms with Crippen molar-refractivity contribution >= 4 is 41.1 Å². The van der Waals surface area contributed by atoms with E-state index in [1.807, 2.05) is 11.0 Å². The molecule has 0 unspecified atom stereocenters. The highest BCUT2D eigenvalue weighted by Crippen LogP contribution is 2.23. The van der Waals surface area contributed by atoms with Crippen LogP contribution in [0.1, 0.15) is 31.2 Å². The predicted octanol–water partition coefficient (Wildman–Crippen LogP) is 3.83. The quantitative estimate of drug-likeness (QED) is 0.343. The Hall–Kier alpha value is -1.64. The number of rotatable bonds is 10. The second-order valence-corrected chi connectivity index (χ2v) is 10.1. The molecule has 0 spiro atoms. The first-order chi connectivity index (χ1) is 16.9. The third-order valence-corrected chi connectivity index (χ3v) is 7.62. The van der Waals surface area contributed by atoms with Gasteiger partial charge in [0.1, 0.15) is 0 Å². The Morgan fingerprint density at radius 3 is 2.63 bits per heavy atom. The number of piperidine rings is 1. The van der Waals surface area contributed by atoms with Crippen LogP contribution in [0.15, 0.2) is 24.3 Å². The Balaban J connectivity index is 1.40. The van der Waals surface area contributed by atoms with Crippen LogP contribution in [0.5, 0.6) is 0 Å². The molecule has 0 aliphatic carbocycles. The van der Waals surface area contributed by atoms with Gasteiger partial charge in [-0.2, -0.15) is 0 Å². The molecule has 0 bridgehead atoms. The van der Waals surface area contributed by atoms with Gasteiger partial charge in [-0.1, -0.05) is 29.3 Å². The molecule has 0 N–H and O–H groups in total. The molecule has 35 heavy (non-hydrogen) atoms. The first-order valence-electron chi connectivity index (χ1n) is 12.3. The molecule has 2 atom stereocenters. The van der Waals surface area contributed by atoms with Crippen molar-refractivity contribution in [2.45, 2.75) is 31.8 Å². The van der Waals surface area contributed by atoms with Crippen molar-refractivity contribution in [3.63, 3.8) is 0 Å². The zero-order chi connectivity index (χ0) is 25.2. The molecule has 9 heteroatoms. The summed E-state index contributed by atoms with van der Waals surface area (Å²) in [6, 6.07) is 5.23. The number of hydrogen-bond donors (Lipinski definition) is 0. The number of halogens is 2. The van der Waals surface area contributed by atoms with Crippen molar-refractivity contribution in [3.8, 4) is 0 Å². The highest BCUT2D eigenvalue weighted by molar-refractivity contribution is 6.42. The summed E-state index contributed by atoms with van der Waals surface area (Å²) >= 11 is 12.0. The SMILES string of the molecule is COC[C@@H]1CCN(CCCCN2CCN(C(=O)C=Cc3ccc(Cl)c(Cl)c3)CCC2=O)C[C@@H]1OC. The molecule has 0 saturated carbocycles. The standard InChI is InChI=1S/C26H37Cl2N3O4/c1-34-19-21-9-13-29(18-24(21)35-2)11-3-4-12-30-15-16-31(14-10-26(30)33)25(32)8-6-20-5-7-22(27)23(28)17-20/h5-8,17,21,24H,3-4,9-16,18-19H2,1-2H3/t21-,24-/m0/s1. The van der Waals surface area contributed by atoms with Gasteiger partial charge in [-0.05, 0) is 56.1 Å². The fourth-order valence-electron chi connectivity index (χ4n) is 4.75. The van der Waals surface area contributed by atoms with E-state index in [9.17, 15) is 9.59 Å². The van der Waals surface area contributed by atoms with Crippen LogP contribution in [-0.4, -0.2) is 99.3 Å². The van der Waals surface area contributed by atoms with Crippen molar-refractivity contribution in [3.05, 3.63) is 39.9 Å². The lowest BCUT2D eigenvalue weighted by molar-refractivity contribution is -0.130. The highest BCUT2D eigenvalue weighted by Gasteiger charge is 2.29. The number of nitrogens with zero attached hydrogens (tertiary/aromatic N) is 3. The number of benzene rings is 1. The van der Waals surface area contributed by atoms with Gasteiger partial charge in [-0.15, -0.1) is 0 Å². The van der Waals surface area contributed by atoms with E-state index in [2.05, 4.69) is 4.90 Å². The summed E-state index contributed by atoms with van der Waals surface area (Å²) in [4.78, 5) is 31.4. The van der Waals surface area contributed by atoms with E-state index in [0.717, 1.165) is 57.6 Å². The molecule has 2 aliphatic rings. The summed E-state index contributed by atoms with van der Waals surface area (Å²) in [6.07, 6.45) is 6.89. The summed E-state index contributed by atoms with van der Waals surface area (Å²) < 4.78 is 11.0. The molecule has 2 amide bonds. The largest absolute Gasteiger partial charge is 0.384 e. The van der Waals surface area contributed by atoms with E-state index in [0.29, 0.717) is 42.0 Å². The first kappa shape index (κ1) is 27.9. The predicted molar refractivity (Wildman–Crippen MR) is 140 cm³/mol. The second kappa shape index (κ2) is 14.2. The Morgan fingerprint density at radius 2 is 1.89 bits per heavy atom. The molecular weight excluding hydrogens is 489 g/mol. The molecule has 2 aliphatic heterocycles. The number of ether oxygens (including phenoxy) is 2. The van der Waals surface area contributed by atoms with Gasteiger partial charge in [0.2, 0.25) is 11.8 Å². The van der Waals surface area contributed by atoms with Crippen LogP contribution in [0, 0.1) is 5.92 Å². The maximum atomic E-state index is 12.7. The van der Waals surface area contributed by atoms with Gasteiger partial charge in [0.05, 0.1) is 22.8 Å². The van der Waals surface area contributed by atoms with Crippen LogP contribution in [0.2, 0.25) is 10.0 Å². The molecule has 1 aromatic carbocycles. The molecule has 3 rings (SSSR count). The van der Waals surface area contributed by atoms with E-state index >= 15 is 0 Å². The molecule has 2 fully saturated rings. The van der Waals surface area contributed by atoms with Crippen LogP contribution in [0.3, 0.4) is 0 Å². The summed E-state index contributed by atoms with van der Waals surface area (Å²) in [6.45, 7) is 6.02. The minimum Gasteiger partial charge on any atom is -0.384 e. The second-order valence-electron chi connectivity index (χ2n) is 9.25. The lowest BCUT2D eigenvalue weighted by atomic mass is 9.94. The Labute approximate surface area is 218 Å². The van der Waals surface area contributed by atoms with E-state index in [1.165, 1.54) is 6.08 Å². The summed E-state index contributed by atoms with van der Waals surface area (Å²) in [7, 11) is 3.52. The Morgan fingerprint density at radius 1 is 1.09 bits per heavy atom. The molecule has 2 saturated heterocycles. The maximum absolute atomic E-state index is 12.7. The van der Waals surface area contributed by atoms with Gasteiger partial charge < -0.3 is 24.2 Å². The van der Waals surface area contributed by atoms with Crippen LogP contribution < -0.4 is 0 Å². The van der Waals surface area contributed by atoms with Gasteiger partial charge in [0.25, 0.3) is 0 Å². The smallest absolute Gasteiger partial charge is 0.246 e. The average Bonchev–Trinajstić information content (AvgIpc) is 3.04. The van der Waals surface area contributed by atoms with Gasteiger partial charge in [-0.25, -0.2) is 0 Å². The molecule has 1 aromatic rings. The molecule has 194 valence electrons. The number of carbonyl (C=O) groups excluding carboxylic acids is 2. The number of hydrogen-bond acceptors (Lipinski definition) is 5. The molecular formula is C26H37Cl2N3O4. The number of unbranched alkanes of at least 4 members (excludes halogenated alkanes) is 1. The fraction of sp³-hybridized carbons (Fsp3) is 0.615. The van der Waals surface area contributed by atoms with Crippen molar-refractivity contribution in [1.29, 1.82) is 0 Å². The van der Waals surface area contributed by atoms with Gasteiger partial charge >= 0.3 is 0 Å². The molecule has 0 radical (unpaired) electrons. The van der Waals surface area contributed by atoms with Crippen LogP contribution in [0.25, 0.3) is 6.08 Å². The summed E-state index contributed by atoms with van der Waals surface area (Å²) in [5.74, 6) is 0.476. The topological polar surface area (TPSA) is 62.3 Å². The number of carbonyl (C=O) groups is 2. The lowest BCUT2D eigenvalue weighted by Gasteiger charge is -2.37. The van der Waals surface area contributed by atoms with Crippen molar-refractivity contribution < 1.29 is 19.1 Å². The van der Waals surface area contributed by atoms with Crippen molar-refractivity contribution in [2.75, 3.05) is 66.6 Å². The fourth-order valence-corrected chi connectivity index (χ4v) is 5.06. The Kier molecular flexibility index (Phi) is 11.3. The molecule has 0 aromatic heterocycles. The highest BCUT2D eigenvalue weighted by atomic mass is 35.5. The summed E-state index contributed by atoms with van der Waals surface area (Å²) in [5, 5.41) is 0.929. The Bertz CT molecular complexity index is 882. The summed E-state index contributed by atoms with van der Waals surface area (Å²) in [5.41, 5.74) is 0.806. The number of amides is 2. The third kappa shape index (κ3) is 8.46. The minimum atomic E-state index is -0.102. The van der Waals surface area contributed by atoms with Gasteiger partial charge in [0, 0.05) is 65.4 Å². The van der Waals surface area contributed by atoms with Crippen LogP contribution in [-0.2, 0) is 19.1 Å².